The van der Waals surface area contributed by atoms with Gasteiger partial charge in [0, 0.05) is 19.4 Å². The molecule has 1 aliphatic rings. The molecule has 10 heteroatoms. The SMILES string of the molecule is CC(OCCNC(=O)OC(C)(C)C)OC(=O)ON1C(=O)CCC1=O. The average Bonchev–Trinajstić information content (AvgIpc) is 2.73. The van der Waals surface area contributed by atoms with Crippen LogP contribution in [0, 0.1) is 0 Å². The largest absolute Gasteiger partial charge is 0.536 e. The van der Waals surface area contributed by atoms with E-state index in [2.05, 4.69) is 10.2 Å². The first-order chi connectivity index (χ1) is 11.1. The molecule has 136 valence electrons. The number of carbonyl (C=O) groups is 4. The maximum absolute atomic E-state index is 11.4. The molecular formula is C14H22N2O8. The van der Waals surface area contributed by atoms with Gasteiger partial charge in [-0.1, -0.05) is 5.06 Å². The van der Waals surface area contributed by atoms with Gasteiger partial charge in [-0.25, -0.2) is 9.59 Å². The maximum Gasteiger partial charge on any atom is 0.536 e. The Kier molecular flexibility index (Phi) is 6.96. The zero-order valence-corrected chi connectivity index (χ0v) is 14.1. The van der Waals surface area contributed by atoms with Crippen LogP contribution in [0.25, 0.3) is 0 Å². The maximum atomic E-state index is 11.4. The molecule has 1 fully saturated rings. The predicted octanol–water partition coefficient (Wildman–Crippen LogP) is 1.09. The van der Waals surface area contributed by atoms with Crippen molar-refractivity contribution >= 4 is 24.1 Å². The van der Waals surface area contributed by atoms with E-state index in [1.807, 2.05) is 0 Å². The first kappa shape index (κ1) is 19.7. The number of rotatable bonds is 6. The van der Waals surface area contributed by atoms with Gasteiger partial charge < -0.3 is 19.5 Å². The van der Waals surface area contributed by atoms with Crippen LogP contribution in [0.15, 0.2) is 0 Å². The Morgan fingerprint density at radius 3 is 2.33 bits per heavy atom. The van der Waals surface area contributed by atoms with Gasteiger partial charge in [0.15, 0.2) is 0 Å². The summed E-state index contributed by atoms with van der Waals surface area (Å²) in [5.74, 6) is -1.21. The Morgan fingerprint density at radius 1 is 1.21 bits per heavy atom. The van der Waals surface area contributed by atoms with E-state index in [1.54, 1.807) is 20.8 Å². The number of amides is 3. The van der Waals surface area contributed by atoms with Crippen molar-refractivity contribution in [2.45, 2.75) is 52.4 Å². The van der Waals surface area contributed by atoms with Gasteiger partial charge in [-0.2, -0.15) is 0 Å². The van der Waals surface area contributed by atoms with Crippen LogP contribution < -0.4 is 5.32 Å². The molecule has 1 aliphatic heterocycles. The summed E-state index contributed by atoms with van der Waals surface area (Å²) >= 11 is 0. The number of nitrogens with zero attached hydrogens (tertiary/aromatic N) is 1. The summed E-state index contributed by atoms with van der Waals surface area (Å²) in [4.78, 5) is 49.9. The van der Waals surface area contributed by atoms with Crippen LogP contribution >= 0.6 is 0 Å². The zero-order chi connectivity index (χ0) is 18.3. The quantitative estimate of drug-likeness (QED) is 0.328. The van der Waals surface area contributed by atoms with E-state index >= 15 is 0 Å². The number of ether oxygens (including phenoxy) is 3. The molecule has 0 aromatic heterocycles. The average molecular weight is 346 g/mol. The van der Waals surface area contributed by atoms with Gasteiger partial charge in [-0.05, 0) is 27.7 Å². The predicted molar refractivity (Wildman–Crippen MR) is 78.3 cm³/mol. The van der Waals surface area contributed by atoms with Gasteiger partial charge in [-0.15, -0.1) is 0 Å². The highest BCUT2D eigenvalue weighted by Gasteiger charge is 2.33. The molecule has 0 bridgehead atoms. The van der Waals surface area contributed by atoms with Gasteiger partial charge >= 0.3 is 12.2 Å². The summed E-state index contributed by atoms with van der Waals surface area (Å²) in [5.41, 5.74) is -0.602. The lowest BCUT2D eigenvalue weighted by molar-refractivity contribution is -0.187. The highest BCUT2D eigenvalue weighted by atomic mass is 16.9. The topological polar surface area (TPSA) is 120 Å². The lowest BCUT2D eigenvalue weighted by Gasteiger charge is -2.20. The van der Waals surface area contributed by atoms with Crippen molar-refractivity contribution in [1.29, 1.82) is 0 Å². The van der Waals surface area contributed by atoms with Crippen LogP contribution in [0.5, 0.6) is 0 Å². The molecule has 0 spiro atoms. The fraction of sp³-hybridized carbons (Fsp3) is 0.714. The second kappa shape index (κ2) is 8.48. The van der Waals surface area contributed by atoms with Crippen LogP contribution in [-0.2, 0) is 28.6 Å². The molecule has 1 heterocycles. The fourth-order valence-electron chi connectivity index (χ4n) is 1.62. The van der Waals surface area contributed by atoms with E-state index in [0.29, 0.717) is 5.06 Å². The molecule has 0 aromatic rings. The number of hydroxylamine groups is 2. The number of hydrogen-bond acceptors (Lipinski definition) is 8. The van der Waals surface area contributed by atoms with Crippen molar-refractivity contribution in [1.82, 2.24) is 10.4 Å². The molecule has 0 aliphatic carbocycles. The van der Waals surface area contributed by atoms with Crippen LogP contribution in [0.2, 0.25) is 0 Å². The van der Waals surface area contributed by atoms with Crippen molar-refractivity contribution in [3.8, 4) is 0 Å². The van der Waals surface area contributed by atoms with Crippen molar-refractivity contribution in [2.75, 3.05) is 13.2 Å². The summed E-state index contributed by atoms with van der Waals surface area (Å²) in [5, 5.41) is 2.84. The number of nitrogens with one attached hydrogen (secondary N) is 1. The molecule has 1 N–H and O–H groups in total. The van der Waals surface area contributed by atoms with Crippen LogP contribution in [0.3, 0.4) is 0 Å². The second-order valence-corrected chi connectivity index (χ2v) is 5.91. The van der Waals surface area contributed by atoms with Crippen molar-refractivity contribution in [2.24, 2.45) is 0 Å². The van der Waals surface area contributed by atoms with E-state index in [0.717, 1.165) is 0 Å². The molecule has 1 saturated heterocycles. The minimum Gasteiger partial charge on any atom is -0.444 e. The molecule has 0 aromatic carbocycles. The van der Waals surface area contributed by atoms with Gasteiger partial charge in [0.2, 0.25) is 6.29 Å². The fourth-order valence-corrected chi connectivity index (χ4v) is 1.62. The van der Waals surface area contributed by atoms with Crippen LogP contribution in [-0.4, -0.2) is 54.2 Å². The lowest BCUT2D eigenvalue weighted by Crippen LogP contribution is -2.35. The Morgan fingerprint density at radius 2 is 1.79 bits per heavy atom. The smallest absolute Gasteiger partial charge is 0.444 e. The molecule has 0 saturated carbocycles. The van der Waals surface area contributed by atoms with Gasteiger partial charge in [-0.3, -0.25) is 14.4 Å². The minimum atomic E-state index is -1.23. The normalized spacial score (nSPS) is 15.9. The third-order valence-corrected chi connectivity index (χ3v) is 2.56. The highest BCUT2D eigenvalue weighted by Crippen LogP contribution is 2.13. The first-order valence-corrected chi connectivity index (χ1v) is 7.41. The molecule has 1 atom stereocenters. The van der Waals surface area contributed by atoms with E-state index in [9.17, 15) is 19.2 Å². The van der Waals surface area contributed by atoms with Crippen LogP contribution in [0.4, 0.5) is 9.59 Å². The Hall–Kier alpha value is -2.36. The van der Waals surface area contributed by atoms with Gasteiger partial charge in [0.25, 0.3) is 11.8 Å². The third-order valence-electron chi connectivity index (χ3n) is 2.56. The number of imide groups is 1. The van der Waals surface area contributed by atoms with E-state index in [4.69, 9.17) is 14.2 Å². The van der Waals surface area contributed by atoms with Gasteiger partial charge in [0.05, 0.1) is 6.61 Å². The zero-order valence-electron chi connectivity index (χ0n) is 14.1. The number of carbonyl (C=O) groups excluding carboxylic acids is 4. The molecule has 1 unspecified atom stereocenters. The summed E-state index contributed by atoms with van der Waals surface area (Å²) < 4.78 is 14.9. The standard InChI is InChI=1S/C14H22N2O8/c1-9(21-8-7-15-12(19)23-14(2,3)4)22-13(20)24-16-10(17)5-6-11(16)18/h9H,5-8H2,1-4H3,(H,15,19). The van der Waals surface area contributed by atoms with Crippen molar-refractivity contribution in [3.05, 3.63) is 0 Å². The van der Waals surface area contributed by atoms with Crippen molar-refractivity contribution in [3.63, 3.8) is 0 Å². The first-order valence-electron chi connectivity index (χ1n) is 7.41. The molecule has 24 heavy (non-hydrogen) atoms. The molecular weight excluding hydrogens is 324 g/mol. The molecule has 3 amide bonds. The number of hydrogen-bond donors (Lipinski definition) is 1. The lowest BCUT2D eigenvalue weighted by atomic mass is 10.2. The number of alkyl carbamates (subject to hydrolysis) is 1. The summed E-state index contributed by atoms with van der Waals surface area (Å²) in [6, 6.07) is 0. The third kappa shape index (κ3) is 7.27. The molecule has 0 radical (unpaired) electrons. The Labute approximate surface area is 139 Å². The monoisotopic (exact) mass is 346 g/mol. The summed E-state index contributed by atoms with van der Waals surface area (Å²) in [6.07, 6.45) is -2.83. The van der Waals surface area contributed by atoms with E-state index < -0.39 is 36.0 Å². The Balaban J connectivity index is 2.18. The summed E-state index contributed by atoms with van der Waals surface area (Å²) in [6.45, 7) is 6.82. The second-order valence-electron chi connectivity index (χ2n) is 5.91. The van der Waals surface area contributed by atoms with Crippen molar-refractivity contribution < 1.29 is 38.2 Å². The highest BCUT2D eigenvalue weighted by molar-refractivity contribution is 6.01. The van der Waals surface area contributed by atoms with E-state index in [1.165, 1.54) is 6.92 Å². The molecule has 10 nitrogen and oxygen atoms in total. The minimum absolute atomic E-state index is 0.00545. The summed E-state index contributed by atoms with van der Waals surface area (Å²) in [7, 11) is 0. The Bertz CT molecular complexity index is 483. The van der Waals surface area contributed by atoms with E-state index in [-0.39, 0.29) is 26.0 Å². The molecule has 1 rings (SSSR count). The van der Waals surface area contributed by atoms with Crippen LogP contribution in [0.1, 0.15) is 40.5 Å². The van der Waals surface area contributed by atoms with Gasteiger partial charge in [0.1, 0.15) is 5.60 Å².